The molecule has 5 heteroatoms. The van der Waals surface area contributed by atoms with Crippen LogP contribution in [0.2, 0.25) is 0 Å². The maximum Gasteiger partial charge on any atom is 0.220 e. The number of hydrogen-bond acceptors (Lipinski definition) is 4. The van der Waals surface area contributed by atoms with Crippen molar-refractivity contribution in [1.29, 1.82) is 0 Å². The van der Waals surface area contributed by atoms with Gasteiger partial charge in [-0.05, 0) is 44.9 Å². The highest BCUT2D eigenvalue weighted by molar-refractivity contribution is 5.76. The van der Waals surface area contributed by atoms with Gasteiger partial charge in [0.1, 0.15) is 0 Å². The van der Waals surface area contributed by atoms with Crippen molar-refractivity contribution >= 4 is 5.91 Å². The summed E-state index contributed by atoms with van der Waals surface area (Å²) in [5.74, 6) is -0.178. The fraction of sp³-hybridized carbons (Fsp3) is 0.675. The van der Waals surface area contributed by atoms with Gasteiger partial charge in [0.2, 0.25) is 5.91 Å². The van der Waals surface area contributed by atoms with Gasteiger partial charge in [-0.15, -0.1) is 0 Å². The van der Waals surface area contributed by atoms with Gasteiger partial charge < -0.3 is 20.6 Å². The highest BCUT2D eigenvalue weighted by Gasteiger charge is 2.19. The predicted octanol–water partition coefficient (Wildman–Crippen LogP) is 9.75. The fourth-order valence-electron chi connectivity index (χ4n) is 4.99. The quantitative estimate of drug-likeness (QED) is 0.0350. The summed E-state index contributed by atoms with van der Waals surface area (Å²) in [6.07, 6.45) is 45.5. The number of hydrogen-bond donors (Lipinski definition) is 4. The molecule has 1 amide bonds. The minimum absolute atomic E-state index is 0.178. The zero-order chi connectivity index (χ0) is 33.1. The lowest BCUT2D eigenvalue weighted by molar-refractivity contribution is -0.123. The number of rotatable bonds is 31. The van der Waals surface area contributed by atoms with Crippen LogP contribution >= 0.6 is 0 Å². The van der Waals surface area contributed by atoms with Crippen LogP contribution in [0.25, 0.3) is 0 Å². The summed E-state index contributed by atoms with van der Waals surface area (Å²) in [5, 5.41) is 33.0. The average molecular weight is 628 g/mol. The molecule has 0 aromatic carbocycles. The molecule has 0 saturated carbocycles. The Bertz CT molecular complexity index is 826. The van der Waals surface area contributed by atoms with Crippen molar-refractivity contribution in [3.63, 3.8) is 0 Å². The maximum absolute atomic E-state index is 12.3. The summed E-state index contributed by atoms with van der Waals surface area (Å²) in [7, 11) is 0. The lowest BCUT2D eigenvalue weighted by Gasteiger charge is -2.22. The molecule has 1 unspecified atom stereocenters. The van der Waals surface area contributed by atoms with E-state index >= 15 is 0 Å². The first-order valence-corrected chi connectivity index (χ1v) is 18.2. The molecule has 0 radical (unpaired) electrons. The second-order valence-electron chi connectivity index (χ2n) is 12.1. The van der Waals surface area contributed by atoms with Crippen LogP contribution in [-0.4, -0.2) is 46.1 Å². The Morgan fingerprint density at radius 3 is 1.73 bits per heavy atom. The summed E-state index contributed by atoms with van der Waals surface area (Å²) in [6, 6.07) is -0.621. The van der Waals surface area contributed by atoms with Gasteiger partial charge in [0.25, 0.3) is 0 Å². The number of unbranched alkanes of at least 4 members (excludes halogenated alkanes) is 12. The summed E-state index contributed by atoms with van der Waals surface area (Å²) < 4.78 is 0. The molecular formula is C40H69NO4. The van der Waals surface area contributed by atoms with Gasteiger partial charge in [0, 0.05) is 6.42 Å². The van der Waals surface area contributed by atoms with Crippen molar-refractivity contribution in [2.45, 2.75) is 167 Å². The average Bonchev–Trinajstić information content (AvgIpc) is 3.04. The molecule has 0 heterocycles. The Morgan fingerprint density at radius 2 is 1.18 bits per heavy atom. The zero-order valence-corrected chi connectivity index (χ0v) is 29.0. The summed E-state index contributed by atoms with van der Waals surface area (Å²) in [5.41, 5.74) is 0. The molecule has 0 fully saturated rings. The SMILES string of the molecule is CC/C=C\C/C=C\C/C=C\C/C=C\C=C/C(O)C/C=C\CCC(=O)N[C@@H](CO)[C@H](O)CCCCCCCCCCCCCCC. The van der Waals surface area contributed by atoms with E-state index in [0.29, 0.717) is 19.3 Å². The predicted molar refractivity (Wildman–Crippen MR) is 194 cm³/mol. The van der Waals surface area contributed by atoms with Crippen LogP contribution < -0.4 is 5.32 Å². The summed E-state index contributed by atoms with van der Waals surface area (Å²) in [6.45, 7) is 4.13. The molecule has 0 saturated heterocycles. The molecule has 0 spiro atoms. The van der Waals surface area contributed by atoms with Gasteiger partial charge in [-0.25, -0.2) is 0 Å². The molecular weight excluding hydrogens is 558 g/mol. The normalized spacial score (nSPS) is 14.7. The number of carbonyl (C=O) groups is 1. The van der Waals surface area contributed by atoms with Crippen LogP contribution in [-0.2, 0) is 4.79 Å². The van der Waals surface area contributed by atoms with Crippen LogP contribution in [0.3, 0.4) is 0 Å². The third-order valence-corrected chi connectivity index (χ3v) is 7.83. The van der Waals surface area contributed by atoms with Crippen LogP contribution in [0.5, 0.6) is 0 Å². The van der Waals surface area contributed by atoms with Crippen LogP contribution in [0.1, 0.15) is 149 Å². The number of amides is 1. The van der Waals surface area contributed by atoms with Gasteiger partial charge in [0.15, 0.2) is 0 Å². The van der Waals surface area contributed by atoms with Gasteiger partial charge >= 0.3 is 0 Å². The molecule has 0 rings (SSSR count). The van der Waals surface area contributed by atoms with Crippen LogP contribution in [0, 0.1) is 0 Å². The minimum Gasteiger partial charge on any atom is -0.394 e. The van der Waals surface area contributed by atoms with E-state index in [1.807, 2.05) is 24.3 Å². The summed E-state index contributed by atoms with van der Waals surface area (Å²) in [4.78, 5) is 12.3. The van der Waals surface area contributed by atoms with Gasteiger partial charge in [-0.2, -0.15) is 0 Å². The number of carbonyl (C=O) groups excluding carboxylic acids is 1. The Kier molecular flexibility index (Phi) is 33.0. The largest absolute Gasteiger partial charge is 0.394 e. The third kappa shape index (κ3) is 31.6. The molecule has 0 aliphatic heterocycles. The fourth-order valence-corrected chi connectivity index (χ4v) is 4.99. The van der Waals surface area contributed by atoms with E-state index in [1.165, 1.54) is 70.6 Å². The first-order chi connectivity index (χ1) is 22.0. The first kappa shape index (κ1) is 42.8. The first-order valence-electron chi connectivity index (χ1n) is 18.2. The monoisotopic (exact) mass is 628 g/mol. The van der Waals surface area contributed by atoms with Crippen molar-refractivity contribution in [1.82, 2.24) is 5.32 Å². The van der Waals surface area contributed by atoms with E-state index < -0.39 is 18.2 Å². The van der Waals surface area contributed by atoms with E-state index in [-0.39, 0.29) is 18.9 Å². The van der Waals surface area contributed by atoms with E-state index in [4.69, 9.17) is 0 Å². The topological polar surface area (TPSA) is 89.8 Å². The van der Waals surface area contributed by atoms with Crippen LogP contribution in [0.4, 0.5) is 0 Å². The molecule has 0 aromatic heterocycles. The highest BCUT2D eigenvalue weighted by atomic mass is 16.3. The Labute approximate surface area is 277 Å². The molecule has 45 heavy (non-hydrogen) atoms. The molecule has 258 valence electrons. The van der Waals surface area contributed by atoms with Crippen molar-refractivity contribution in [3.05, 3.63) is 72.9 Å². The van der Waals surface area contributed by atoms with Gasteiger partial charge in [0.05, 0.1) is 24.9 Å². The molecule has 3 atom stereocenters. The Morgan fingerprint density at radius 1 is 0.644 bits per heavy atom. The number of allylic oxidation sites excluding steroid dienone is 10. The van der Waals surface area contributed by atoms with Gasteiger partial charge in [-0.1, -0.05) is 170 Å². The van der Waals surface area contributed by atoms with Crippen molar-refractivity contribution in [2.24, 2.45) is 0 Å². The third-order valence-electron chi connectivity index (χ3n) is 7.83. The smallest absolute Gasteiger partial charge is 0.220 e. The summed E-state index contributed by atoms with van der Waals surface area (Å²) >= 11 is 0. The van der Waals surface area contributed by atoms with E-state index in [9.17, 15) is 20.1 Å². The highest BCUT2D eigenvalue weighted by Crippen LogP contribution is 2.14. The lowest BCUT2D eigenvalue weighted by Crippen LogP contribution is -2.45. The van der Waals surface area contributed by atoms with E-state index in [0.717, 1.165) is 38.5 Å². The van der Waals surface area contributed by atoms with E-state index in [1.54, 1.807) is 6.08 Å². The Hall–Kier alpha value is -2.21. The van der Waals surface area contributed by atoms with Crippen molar-refractivity contribution in [3.8, 4) is 0 Å². The second-order valence-corrected chi connectivity index (χ2v) is 12.1. The molecule has 0 aliphatic rings. The zero-order valence-electron chi connectivity index (χ0n) is 29.0. The maximum atomic E-state index is 12.3. The van der Waals surface area contributed by atoms with Crippen LogP contribution in [0.15, 0.2) is 72.9 Å². The molecule has 0 aliphatic carbocycles. The molecule has 0 aromatic rings. The second kappa shape index (κ2) is 34.7. The molecule has 0 bridgehead atoms. The minimum atomic E-state index is -0.727. The number of aliphatic hydroxyl groups excluding tert-OH is 3. The van der Waals surface area contributed by atoms with Gasteiger partial charge in [-0.3, -0.25) is 4.79 Å². The standard InChI is InChI=1S/C40H69NO4/c1-3-5-7-9-11-13-15-17-19-21-23-25-28-32-37(43)33-29-27-31-35-40(45)41-38(36-42)39(44)34-30-26-24-22-20-18-16-14-12-10-8-6-4-2/h5,7,11,13,17,19,23,25,27-29,32,37-39,42-44H,3-4,6,8-10,12,14-16,18,20-22,24,26,30-31,33-36H2,1-2H3,(H,41,45)/b7-5-,13-11-,19-17-,25-23-,29-27-,32-28-/t37?,38-,39+/m0/s1. The molecule has 4 N–H and O–H groups in total. The van der Waals surface area contributed by atoms with Crippen molar-refractivity contribution in [2.75, 3.05) is 6.61 Å². The van der Waals surface area contributed by atoms with E-state index in [2.05, 4.69) is 61.7 Å². The Balaban J connectivity index is 3.88. The van der Waals surface area contributed by atoms with Crippen molar-refractivity contribution < 1.29 is 20.1 Å². The molecule has 5 nitrogen and oxygen atoms in total. The number of nitrogens with one attached hydrogen (secondary N) is 1. The lowest BCUT2D eigenvalue weighted by atomic mass is 10.0. The number of aliphatic hydroxyl groups is 3.